The maximum Gasteiger partial charge on any atom is 0.273 e. The van der Waals surface area contributed by atoms with Crippen LogP contribution in [-0.2, 0) is 4.74 Å². The van der Waals surface area contributed by atoms with Crippen LogP contribution in [-0.4, -0.2) is 43.4 Å². The number of para-hydroxylation sites is 1. The summed E-state index contributed by atoms with van der Waals surface area (Å²) in [5.74, 6) is 0.147. The molecule has 0 saturated heterocycles. The molecule has 2 aromatic rings. The van der Waals surface area contributed by atoms with Crippen molar-refractivity contribution in [1.82, 2.24) is 5.32 Å². The number of nitrogens with one attached hydrogen (secondary N) is 2. The number of hydrogen-bond donors (Lipinski definition) is 2. The van der Waals surface area contributed by atoms with E-state index in [1.807, 2.05) is 0 Å². The first-order valence-electron chi connectivity index (χ1n) is 8.11. The van der Waals surface area contributed by atoms with Gasteiger partial charge in [0.2, 0.25) is 0 Å². The molecule has 148 valence electrons. The topological polar surface area (TPSA) is 112 Å². The summed E-state index contributed by atoms with van der Waals surface area (Å²) in [6.45, 7) is 0.680. The highest BCUT2D eigenvalue weighted by molar-refractivity contribution is 7.80. The Hall–Kier alpha value is -3.24. The largest absolute Gasteiger partial charge is 0.494 e. The third-order valence-electron chi connectivity index (χ3n) is 3.55. The highest BCUT2D eigenvalue weighted by Gasteiger charge is 2.16. The van der Waals surface area contributed by atoms with E-state index in [9.17, 15) is 14.9 Å². The van der Waals surface area contributed by atoms with Crippen molar-refractivity contribution in [1.29, 1.82) is 0 Å². The van der Waals surface area contributed by atoms with Gasteiger partial charge < -0.3 is 19.5 Å². The molecule has 2 N–H and O–H groups in total. The number of methoxy groups -OCH3 is 2. The van der Waals surface area contributed by atoms with Crippen LogP contribution >= 0.6 is 12.2 Å². The van der Waals surface area contributed by atoms with Gasteiger partial charge >= 0.3 is 0 Å². The third-order valence-corrected chi connectivity index (χ3v) is 3.75. The van der Waals surface area contributed by atoms with Gasteiger partial charge in [0.1, 0.15) is 18.1 Å². The fraction of sp³-hybridized carbons (Fsp3) is 0.222. The van der Waals surface area contributed by atoms with Crippen molar-refractivity contribution < 1.29 is 23.9 Å². The lowest BCUT2D eigenvalue weighted by molar-refractivity contribution is -0.384. The predicted molar refractivity (Wildman–Crippen MR) is 107 cm³/mol. The molecule has 10 heteroatoms. The maximum atomic E-state index is 12.5. The second-order valence-electron chi connectivity index (χ2n) is 5.39. The van der Waals surface area contributed by atoms with Crippen molar-refractivity contribution in [3.63, 3.8) is 0 Å². The third kappa shape index (κ3) is 5.63. The average Bonchev–Trinajstić information content (AvgIpc) is 2.68. The molecular weight excluding hydrogens is 386 g/mol. The SMILES string of the molecule is COCCOc1ccccc1C(=O)NC(=S)Nc1ccc([N+](=O)[O-])cc1OC. The van der Waals surface area contributed by atoms with E-state index in [0.717, 1.165) is 0 Å². The van der Waals surface area contributed by atoms with Crippen LogP contribution in [0.1, 0.15) is 10.4 Å². The Morgan fingerprint density at radius 2 is 1.89 bits per heavy atom. The summed E-state index contributed by atoms with van der Waals surface area (Å²) in [5, 5.41) is 16.2. The van der Waals surface area contributed by atoms with Crippen LogP contribution in [0.15, 0.2) is 42.5 Å². The number of benzene rings is 2. The standard InChI is InChI=1S/C18H19N3O6S/c1-25-9-10-27-15-6-4-3-5-13(15)17(22)20-18(28)19-14-8-7-12(21(23)24)11-16(14)26-2/h3-8,11H,9-10H2,1-2H3,(H2,19,20,22,28). The Balaban J connectivity index is 2.07. The molecule has 0 radical (unpaired) electrons. The summed E-state index contributed by atoms with van der Waals surface area (Å²) >= 11 is 5.16. The number of thiocarbonyl (C=S) groups is 1. The number of carbonyl (C=O) groups excluding carboxylic acids is 1. The lowest BCUT2D eigenvalue weighted by atomic mass is 10.2. The zero-order valence-electron chi connectivity index (χ0n) is 15.3. The van der Waals surface area contributed by atoms with Gasteiger partial charge in [-0.3, -0.25) is 20.2 Å². The molecule has 0 saturated carbocycles. The zero-order chi connectivity index (χ0) is 20.5. The molecule has 0 aliphatic heterocycles. The second-order valence-corrected chi connectivity index (χ2v) is 5.80. The van der Waals surface area contributed by atoms with Crippen LogP contribution in [0.4, 0.5) is 11.4 Å². The molecule has 0 heterocycles. The molecule has 0 spiro atoms. The van der Waals surface area contributed by atoms with Crippen LogP contribution in [0.3, 0.4) is 0 Å². The van der Waals surface area contributed by atoms with Gasteiger partial charge in [0.05, 0.1) is 36.0 Å². The van der Waals surface area contributed by atoms with Gasteiger partial charge in [-0.2, -0.15) is 0 Å². The molecule has 0 atom stereocenters. The fourth-order valence-corrected chi connectivity index (χ4v) is 2.44. The highest BCUT2D eigenvalue weighted by Crippen LogP contribution is 2.29. The van der Waals surface area contributed by atoms with E-state index in [0.29, 0.717) is 30.2 Å². The number of hydrogen-bond acceptors (Lipinski definition) is 7. The van der Waals surface area contributed by atoms with E-state index in [1.54, 1.807) is 31.4 Å². The minimum atomic E-state index is -0.535. The van der Waals surface area contributed by atoms with Gasteiger partial charge in [-0.25, -0.2) is 0 Å². The first kappa shape index (κ1) is 21.1. The van der Waals surface area contributed by atoms with Gasteiger partial charge in [0.25, 0.3) is 11.6 Å². The molecule has 1 amide bonds. The fourth-order valence-electron chi connectivity index (χ4n) is 2.24. The first-order valence-corrected chi connectivity index (χ1v) is 8.52. The number of nitro groups is 1. The highest BCUT2D eigenvalue weighted by atomic mass is 32.1. The van der Waals surface area contributed by atoms with Crippen molar-refractivity contribution in [3.8, 4) is 11.5 Å². The summed E-state index contributed by atoms with van der Waals surface area (Å²) < 4.78 is 15.6. The number of carbonyl (C=O) groups is 1. The Morgan fingerprint density at radius 3 is 2.57 bits per heavy atom. The molecule has 0 unspecified atom stereocenters. The Labute approximate surface area is 166 Å². The molecule has 0 aliphatic rings. The van der Waals surface area contributed by atoms with Gasteiger partial charge in [0.15, 0.2) is 5.11 Å². The molecule has 0 aliphatic carbocycles. The molecule has 0 bridgehead atoms. The lowest BCUT2D eigenvalue weighted by Gasteiger charge is -2.14. The lowest BCUT2D eigenvalue weighted by Crippen LogP contribution is -2.34. The number of nitro benzene ring substituents is 1. The molecule has 2 rings (SSSR count). The van der Waals surface area contributed by atoms with Crippen LogP contribution < -0.4 is 20.1 Å². The summed E-state index contributed by atoms with van der Waals surface area (Å²) in [5.41, 5.74) is 0.556. The number of amides is 1. The second kappa shape index (κ2) is 10.2. The molecule has 0 aromatic heterocycles. The van der Waals surface area contributed by atoms with E-state index >= 15 is 0 Å². The summed E-state index contributed by atoms with van der Waals surface area (Å²) in [4.78, 5) is 22.8. The minimum Gasteiger partial charge on any atom is -0.494 e. The number of rotatable bonds is 8. The van der Waals surface area contributed by atoms with Gasteiger partial charge in [0, 0.05) is 13.2 Å². The van der Waals surface area contributed by atoms with Gasteiger partial charge in [-0.1, -0.05) is 12.1 Å². The minimum absolute atomic E-state index is 0.00356. The molecule has 9 nitrogen and oxygen atoms in total. The number of ether oxygens (including phenoxy) is 3. The normalized spacial score (nSPS) is 10.1. The number of nitrogens with zero attached hydrogens (tertiary/aromatic N) is 1. The quantitative estimate of drug-likeness (QED) is 0.298. The predicted octanol–water partition coefficient (Wildman–Crippen LogP) is 2.76. The number of anilines is 1. The van der Waals surface area contributed by atoms with E-state index in [-0.39, 0.29) is 16.5 Å². The summed E-state index contributed by atoms with van der Waals surface area (Å²) in [6.07, 6.45) is 0. The molecule has 0 fully saturated rings. The Kier molecular flexibility index (Phi) is 7.66. The molecule has 2 aromatic carbocycles. The van der Waals surface area contributed by atoms with Crippen LogP contribution in [0.25, 0.3) is 0 Å². The van der Waals surface area contributed by atoms with E-state index in [2.05, 4.69) is 10.6 Å². The van der Waals surface area contributed by atoms with Crippen molar-refractivity contribution in [2.75, 3.05) is 32.8 Å². The zero-order valence-corrected chi connectivity index (χ0v) is 16.1. The Bertz CT molecular complexity index is 874. The smallest absolute Gasteiger partial charge is 0.273 e. The van der Waals surface area contributed by atoms with E-state index in [4.69, 9.17) is 26.4 Å². The van der Waals surface area contributed by atoms with Crippen molar-refractivity contribution in [2.24, 2.45) is 0 Å². The molecular formula is C18H19N3O6S. The van der Waals surface area contributed by atoms with Crippen molar-refractivity contribution in [3.05, 3.63) is 58.1 Å². The maximum absolute atomic E-state index is 12.5. The van der Waals surface area contributed by atoms with E-state index < -0.39 is 10.8 Å². The Morgan fingerprint density at radius 1 is 1.14 bits per heavy atom. The number of non-ortho nitro benzene ring substituents is 1. The van der Waals surface area contributed by atoms with Crippen LogP contribution in [0.2, 0.25) is 0 Å². The van der Waals surface area contributed by atoms with Crippen molar-refractivity contribution >= 4 is 34.6 Å². The van der Waals surface area contributed by atoms with E-state index in [1.165, 1.54) is 25.3 Å². The summed E-state index contributed by atoms with van der Waals surface area (Å²) in [6, 6.07) is 10.7. The molecule has 28 heavy (non-hydrogen) atoms. The van der Waals surface area contributed by atoms with Gasteiger partial charge in [-0.05, 0) is 30.4 Å². The van der Waals surface area contributed by atoms with Gasteiger partial charge in [-0.15, -0.1) is 0 Å². The average molecular weight is 405 g/mol. The van der Waals surface area contributed by atoms with Crippen LogP contribution in [0.5, 0.6) is 11.5 Å². The van der Waals surface area contributed by atoms with Crippen molar-refractivity contribution in [2.45, 2.75) is 0 Å². The monoisotopic (exact) mass is 405 g/mol. The first-order chi connectivity index (χ1) is 13.5. The summed E-state index contributed by atoms with van der Waals surface area (Å²) in [7, 11) is 2.93. The van der Waals surface area contributed by atoms with Crippen LogP contribution in [0, 0.1) is 10.1 Å².